The van der Waals surface area contributed by atoms with Gasteiger partial charge in [0.25, 0.3) is 0 Å². The summed E-state index contributed by atoms with van der Waals surface area (Å²) in [5.41, 5.74) is 0.351. The molecule has 10 nitrogen and oxygen atoms in total. The number of nitrogens with one attached hydrogen (secondary N) is 2. The highest BCUT2D eigenvalue weighted by Gasteiger charge is 2.40. The average molecular weight is 509 g/mol. The van der Waals surface area contributed by atoms with Gasteiger partial charge in [-0.05, 0) is 24.3 Å². The Morgan fingerprint density at radius 3 is 2.41 bits per heavy atom. The molecule has 37 heavy (non-hydrogen) atoms. The number of ether oxygens (including phenoxy) is 3. The molecule has 1 unspecified atom stereocenters. The summed E-state index contributed by atoms with van der Waals surface area (Å²) in [4.78, 5) is 16.6. The first-order chi connectivity index (χ1) is 17.9. The summed E-state index contributed by atoms with van der Waals surface area (Å²) in [6.45, 7) is 0.0290. The Bertz CT molecular complexity index is 1410. The Morgan fingerprint density at radius 2 is 1.70 bits per heavy atom. The molecule has 1 saturated heterocycles. The van der Waals surface area contributed by atoms with Crippen LogP contribution in [0.25, 0.3) is 11.5 Å². The minimum absolute atomic E-state index is 0.0290. The van der Waals surface area contributed by atoms with E-state index < -0.39 is 29.5 Å². The number of amides is 1. The van der Waals surface area contributed by atoms with Gasteiger partial charge in [-0.25, -0.2) is 8.78 Å². The molecule has 2 aromatic carbocycles. The van der Waals surface area contributed by atoms with Crippen LogP contribution < -0.4 is 24.8 Å². The quantitative estimate of drug-likeness (QED) is 0.364. The molecule has 0 saturated carbocycles. The summed E-state index contributed by atoms with van der Waals surface area (Å²) < 4.78 is 50.7. The van der Waals surface area contributed by atoms with Gasteiger partial charge < -0.3 is 29.3 Å². The van der Waals surface area contributed by atoms with E-state index in [0.29, 0.717) is 23.1 Å². The smallest absolute Gasteiger partial charge is 0.316 e. The van der Waals surface area contributed by atoms with E-state index in [1.54, 1.807) is 42.5 Å². The molecule has 2 N–H and O–H groups in total. The van der Waals surface area contributed by atoms with E-state index in [4.69, 9.17) is 18.6 Å². The average Bonchev–Trinajstić information content (AvgIpc) is 3.51. The number of pyridine rings is 1. The summed E-state index contributed by atoms with van der Waals surface area (Å²) in [7, 11) is 2.83. The topological polar surface area (TPSA) is 121 Å². The second-order valence-corrected chi connectivity index (χ2v) is 8.04. The number of hydrogen-bond acceptors (Lipinski definition) is 9. The molecule has 0 bridgehead atoms. The second kappa shape index (κ2) is 10.1. The molecule has 4 aromatic rings. The maximum Gasteiger partial charge on any atom is 0.316 e. The molecular formula is C25H21F2N5O5. The van der Waals surface area contributed by atoms with Gasteiger partial charge in [-0.3, -0.25) is 4.79 Å². The maximum atomic E-state index is 14.7. The number of hydrogen-bond donors (Lipinski definition) is 2. The third-order valence-electron chi connectivity index (χ3n) is 5.77. The van der Waals surface area contributed by atoms with E-state index in [2.05, 4.69) is 25.8 Å². The van der Waals surface area contributed by atoms with Crippen LogP contribution in [-0.2, 0) is 4.79 Å². The molecule has 12 heteroatoms. The molecular weight excluding hydrogens is 488 g/mol. The molecule has 3 heterocycles. The van der Waals surface area contributed by atoms with Crippen LogP contribution in [0.3, 0.4) is 0 Å². The van der Waals surface area contributed by atoms with Gasteiger partial charge in [0, 0.05) is 47.9 Å². The third kappa shape index (κ3) is 4.99. The van der Waals surface area contributed by atoms with Gasteiger partial charge >= 0.3 is 6.01 Å². The van der Waals surface area contributed by atoms with Gasteiger partial charge in [-0.15, -0.1) is 5.10 Å². The Labute approximate surface area is 209 Å². The molecule has 0 aliphatic carbocycles. The van der Waals surface area contributed by atoms with Crippen LogP contribution in [0.5, 0.6) is 23.3 Å². The van der Waals surface area contributed by atoms with Crippen molar-refractivity contribution < 1.29 is 32.2 Å². The number of benzene rings is 2. The Morgan fingerprint density at radius 1 is 0.973 bits per heavy atom. The van der Waals surface area contributed by atoms with Gasteiger partial charge in [0.1, 0.15) is 29.2 Å². The lowest BCUT2D eigenvalue weighted by Crippen LogP contribution is -2.33. The fourth-order valence-corrected chi connectivity index (χ4v) is 3.97. The van der Waals surface area contributed by atoms with E-state index in [9.17, 15) is 13.6 Å². The van der Waals surface area contributed by atoms with Crippen molar-refractivity contribution in [2.45, 2.75) is 12.0 Å². The number of rotatable bonds is 8. The Hall–Kier alpha value is -4.74. The molecule has 0 radical (unpaired) electrons. The van der Waals surface area contributed by atoms with E-state index in [1.165, 1.54) is 14.2 Å². The van der Waals surface area contributed by atoms with Crippen molar-refractivity contribution >= 4 is 11.9 Å². The maximum absolute atomic E-state index is 14.7. The molecule has 1 fully saturated rings. The molecule has 1 amide bonds. The van der Waals surface area contributed by atoms with Crippen LogP contribution >= 0.6 is 0 Å². The van der Waals surface area contributed by atoms with Crippen LogP contribution in [0.2, 0.25) is 0 Å². The van der Waals surface area contributed by atoms with Crippen LogP contribution in [-0.4, -0.2) is 47.9 Å². The van der Waals surface area contributed by atoms with Crippen molar-refractivity contribution in [3.63, 3.8) is 0 Å². The third-order valence-corrected chi connectivity index (χ3v) is 5.77. The monoisotopic (exact) mass is 509 g/mol. The molecule has 0 spiro atoms. The van der Waals surface area contributed by atoms with Crippen LogP contribution in [0.1, 0.15) is 11.5 Å². The van der Waals surface area contributed by atoms with Crippen molar-refractivity contribution in [1.82, 2.24) is 20.5 Å². The molecule has 1 aliphatic heterocycles. The van der Waals surface area contributed by atoms with Crippen molar-refractivity contribution in [2.24, 2.45) is 0 Å². The van der Waals surface area contributed by atoms with Crippen molar-refractivity contribution in [2.75, 3.05) is 26.1 Å². The second-order valence-electron chi connectivity index (χ2n) is 8.04. The minimum Gasteiger partial charge on any atom is -0.497 e. The number of halogens is 2. The zero-order valence-electron chi connectivity index (χ0n) is 19.7. The summed E-state index contributed by atoms with van der Waals surface area (Å²) in [5.74, 6) is -1.41. The first-order valence-corrected chi connectivity index (χ1v) is 11.1. The van der Waals surface area contributed by atoms with Crippen molar-refractivity contribution in [1.29, 1.82) is 0 Å². The summed E-state index contributed by atoms with van der Waals surface area (Å²) in [6, 6.07) is 13.0. The molecule has 190 valence electrons. The molecule has 1 aliphatic rings. The van der Waals surface area contributed by atoms with Gasteiger partial charge in [-0.1, -0.05) is 11.2 Å². The molecule has 2 aromatic heterocycles. The zero-order valence-corrected chi connectivity index (χ0v) is 19.7. The van der Waals surface area contributed by atoms with Crippen molar-refractivity contribution in [3.8, 4) is 34.7 Å². The highest BCUT2D eigenvalue weighted by Crippen LogP contribution is 2.33. The Kier molecular flexibility index (Phi) is 6.54. The predicted octanol–water partition coefficient (Wildman–Crippen LogP) is 3.91. The summed E-state index contributed by atoms with van der Waals surface area (Å²) >= 11 is 0. The van der Waals surface area contributed by atoms with Gasteiger partial charge in [-0.2, -0.15) is 4.98 Å². The van der Waals surface area contributed by atoms with Crippen LogP contribution in [0.4, 0.5) is 14.8 Å². The number of carbonyl (C=O) groups is 1. The highest BCUT2D eigenvalue weighted by atomic mass is 19.1. The number of aromatic nitrogens is 3. The Balaban J connectivity index is 1.30. The molecule has 2 atom stereocenters. The fourth-order valence-electron chi connectivity index (χ4n) is 3.97. The normalized spacial score (nSPS) is 16.8. The van der Waals surface area contributed by atoms with Crippen LogP contribution in [0.15, 0.2) is 59.0 Å². The lowest BCUT2D eigenvalue weighted by molar-refractivity contribution is -0.119. The van der Waals surface area contributed by atoms with Crippen molar-refractivity contribution in [3.05, 3.63) is 71.8 Å². The number of carbonyl (C=O) groups excluding carboxylic acids is 1. The number of nitrogens with zero attached hydrogens (tertiary/aromatic N) is 3. The van der Waals surface area contributed by atoms with E-state index >= 15 is 0 Å². The number of methoxy groups -OCH3 is 2. The first kappa shape index (κ1) is 24.0. The minimum atomic E-state index is -1.03. The lowest BCUT2D eigenvalue weighted by atomic mass is 9.93. The zero-order chi connectivity index (χ0) is 25.9. The van der Waals surface area contributed by atoms with Gasteiger partial charge in [0.05, 0.1) is 14.2 Å². The summed E-state index contributed by atoms with van der Waals surface area (Å²) in [6.07, 6.45) is 0. The first-order valence-electron chi connectivity index (χ1n) is 11.1. The van der Waals surface area contributed by atoms with Crippen LogP contribution in [0, 0.1) is 11.6 Å². The predicted molar refractivity (Wildman–Crippen MR) is 127 cm³/mol. The van der Waals surface area contributed by atoms with E-state index in [1.807, 2.05) is 0 Å². The lowest BCUT2D eigenvalue weighted by Gasteiger charge is -2.19. The standard InChI is InChI=1S/C25H21F2N5O5/c1-34-15-10-17(26)21(18(27)11-15)16-12-28-23(33)22(16)30-25-32-31-24(37-25)13-6-8-14(9-7-13)36-20-5-3-4-19(29-20)35-2/h3-11,16,22H,12H2,1-2H3,(H,28,33)(H,30,32)/t16?,22-/m1/s1. The summed E-state index contributed by atoms with van der Waals surface area (Å²) in [5, 5.41) is 13.3. The highest BCUT2D eigenvalue weighted by molar-refractivity contribution is 5.88. The fraction of sp³-hybridized carbons (Fsp3) is 0.200. The van der Waals surface area contributed by atoms with Gasteiger partial charge in [0.2, 0.25) is 23.6 Å². The SMILES string of the molecule is COc1cc(F)c(C2CNC(=O)[C@@H]2Nc2nnc(-c3ccc(Oc4cccc(OC)n4)cc3)o2)c(F)c1. The van der Waals surface area contributed by atoms with Gasteiger partial charge in [0.15, 0.2) is 0 Å². The largest absolute Gasteiger partial charge is 0.497 e. The number of anilines is 1. The van der Waals surface area contributed by atoms with E-state index in [-0.39, 0.29) is 29.8 Å². The molecule has 5 rings (SSSR count). The van der Waals surface area contributed by atoms with E-state index in [0.717, 1.165) is 12.1 Å².